The fraction of sp³-hybridized carbons (Fsp3) is 0. The molecule has 1 heterocycles. The zero-order valence-electron chi connectivity index (χ0n) is 21.2. The predicted octanol–water partition coefficient (Wildman–Crippen LogP) is 10.7. The van der Waals surface area contributed by atoms with Crippen LogP contribution in [0.15, 0.2) is 156 Å². The third kappa shape index (κ3) is 4.21. The Labute approximate surface area is 236 Å². The van der Waals surface area contributed by atoms with Gasteiger partial charge in [-0.3, -0.25) is 0 Å². The summed E-state index contributed by atoms with van der Waals surface area (Å²) in [5.74, 6) is 0. The average molecular weight is 566 g/mol. The molecule has 0 saturated heterocycles. The monoisotopic (exact) mass is 564 g/mol. The van der Waals surface area contributed by atoms with Crippen molar-refractivity contribution >= 4 is 54.8 Å². The minimum atomic E-state index is 1.04. The lowest BCUT2D eigenvalue weighted by Gasteiger charge is -2.27. The SMILES string of the molecule is Brc1ccc(-c2ccccc2)cc1N(c1ccccc1)c1cccc(-n2c3ccccc3c3ccccc32)c1. The van der Waals surface area contributed by atoms with Gasteiger partial charge in [-0.05, 0) is 81.7 Å². The highest BCUT2D eigenvalue weighted by Gasteiger charge is 2.18. The molecule has 0 aliphatic carbocycles. The molecule has 0 spiro atoms. The first-order chi connectivity index (χ1) is 19.3. The molecule has 7 aromatic rings. The number of hydrogen-bond donors (Lipinski definition) is 0. The van der Waals surface area contributed by atoms with E-state index in [1.165, 1.54) is 32.9 Å². The van der Waals surface area contributed by atoms with E-state index in [1.807, 2.05) is 0 Å². The summed E-state index contributed by atoms with van der Waals surface area (Å²) in [6.45, 7) is 0. The van der Waals surface area contributed by atoms with E-state index in [0.29, 0.717) is 0 Å². The van der Waals surface area contributed by atoms with E-state index in [1.54, 1.807) is 0 Å². The van der Waals surface area contributed by atoms with Crippen LogP contribution in [0, 0.1) is 0 Å². The number of para-hydroxylation sites is 3. The van der Waals surface area contributed by atoms with E-state index in [-0.39, 0.29) is 0 Å². The zero-order chi connectivity index (χ0) is 26.2. The Kier molecular flexibility index (Phi) is 5.99. The van der Waals surface area contributed by atoms with Crippen LogP contribution in [0.2, 0.25) is 0 Å². The highest BCUT2D eigenvalue weighted by atomic mass is 79.9. The van der Waals surface area contributed by atoms with Crippen LogP contribution >= 0.6 is 15.9 Å². The normalized spacial score (nSPS) is 11.2. The van der Waals surface area contributed by atoms with Crippen molar-refractivity contribution in [1.29, 1.82) is 0 Å². The summed E-state index contributed by atoms with van der Waals surface area (Å²) in [5.41, 5.74) is 9.17. The summed E-state index contributed by atoms with van der Waals surface area (Å²) in [5, 5.41) is 2.52. The first-order valence-corrected chi connectivity index (χ1v) is 13.9. The Hall–Kier alpha value is -4.60. The van der Waals surface area contributed by atoms with Crippen LogP contribution in [0.3, 0.4) is 0 Å². The molecular formula is C36H25BrN2. The van der Waals surface area contributed by atoms with Crippen molar-refractivity contribution in [1.82, 2.24) is 4.57 Å². The van der Waals surface area contributed by atoms with Crippen molar-refractivity contribution in [3.05, 3.63) is 156 Å². The van der Waals surface area contributed by atoms with Gasteiger partial charge in [0.05, 0.1) is 16.7 Å². The van der Waals surface area contributed by atoms with Gasteiger partial charge in [0, 0.05) is 32.3 Å². The van der Waals surface area contributed by atoms with Crippen LogP contribution in [0.25, 0.3) is 38.6 Å². The van der Waals surface area contributed by atoms with Crippen molar-refractivity contribution in [2.45, 2.75) is 0 Å². The predicted molar refractivity (Wildman–Crippen MR) is 169 cm³/mol. The zero-order valence-corrected chi connectivity index (χ0v) is 22.8. The number of benzene rings is 6. The quantitative estimate of drug-likeness (QED) is 0.202. The van der Waals surface area contributed by atoms with Crippen LogP contribution in [0.1, 0.15) is 0 Å². The highest BCUT2D eigenvalue weighted by molar-refractivity contribution is 9.10. The minimum absolute atomic E-state index is 1.04. The van der Waals surface area contributed by atoms with Gasteiger partial charge in [-0.1, -0.05) is 97.1 Å². The van der Waals surface area contributed by atoms with Crippen molar-refractivity contribution in [2.24, 2.45) is 0 Å². The summed E-state index contributed by atoms with van der Waals surface area (Å²) in [4.78, 5) is 2.33. The van der Waals surface area contributed by atoms with Crippen molar-refractivity contribution < 1.29 is 0 Å². The maximum absolute atomic E-state index is 3.87. The lowest BCUT2D eigenvalue weighted by molar-refractivity contribution is 1.17. The van der Waals surface area contributed by atoms with Crippen LogP contribution in [0.4, 0.5) is 17.1 Å². The van der Waals surface area contributed by atoms with Crippen molar-refractivity contribution in [3.8, 4) is 16.8 Å². The molecule has 0 aliphatic rings. The van der Waals surface area contributed by atoms with Gasteiger partial charge in [-0.25, -0.2) is 0 Å². The molecule has 0 fully saturated rings. The highest BCUT2D eigenvalue weighted by Crippen LogP contribution is 2.42. The maximum atomic E-state index is 3.87. The lowest BCUT2D eigenvalue weighted by atomic mass is 10.0. The second kappa shape index (κ2) is 9.94. The van der Waals surface area contributed by atoms with Crippen LogP contribution in [-0.4, -0.2) is 4.57 Å². The summed E-state index contributed by atoms with van der Waals surface area (Å²) >= 11 is 3.87. The topological polar surface area (TPSA) is 8.17 Å². The Morgan fingerprint density at radius 2 is 1.05 bits per heavy atom. The average Bonchev–Trinajstić information content (AvgIpc) is 3.34. The standard InChI is InChI=1S/C36H25BrN2/c37-33-23-22-27(26-12-3-1-4-13-26)24-36(33)38(28-14-5-2-6-15-28)29-16-11-17-30(25-29)39-34-20-9-7-18-31(34)32-19-8-10-21-35(32)39/h1-25H. The number of anilines is 3. The van der Waals surface area contributed by atoms with Gasteiger partial charge in [0.1, 0.15) is 0 Å². The third-order valence-corrected chi connectivity index (χ3v) is 7.91. The summed E-state index contributed by atoms with van der Waals surface area (Å²) in [6.07, 6.45) is 0. The van der Waals surface area contributed by atoms with E-state index in [4.69, 9.17) is 0 Å². The fourth-order valence-electron chi connectivity index (χ4n) is 5.47. The summed E-state index contributed by atoms with van der Waals surface area (Å²) < 4.78 is 3.40. The molecule has 39 heavy (non-hydrogen) atoms. The lowest BCUT2D eigenvalue weighted by Crippen LogP contribution is -2.11. The number of hydrogen-bond acceptors (Lipinski definition) is 1. The molecule has 0 atom stereocenters. The van der Waals surface area contributed by atoms with E-state index >= 15 is 0 Å². The largest absolute Gasteiger partial charge is 0.309 e. The fourth-order valence-corrected chi connectivity index (χ4v) is 5.89. The van der Waals surface area contributed by atoms with Crippen molar-refractivity contribution in [2.75, 3.05) is 4.90 Å². The second-order valence-corrected chi connectivity index (χ2v) is 10.4. The molecular weight excluding hydrogens is 540 g/mol. The van der Waals surface area contributed by atoms with Gasteiger partial charge in [-0.2, -0.15) is 0 Å². The maximum Gasteiger partial charge on any atom is 0.0609 e. The molecule has 3 heteroatoms. The van der Waals surface area contributed by atoms with Crippen LogP contribution in [0.5, 0.6) is 0 Å². The van der Waals surface area contributed by atoms with Gasteiger partial charge in [0.15, 0.2) is 0 Å². The first kappa shape index (κ1) is 23.5. The molecule has 2 nitrogen and oxygen atoms in total. The van der Waals surface area contributed by atoms with Crippen molar-refractivity contribution in [3.63, 3.8) is 0 Å². The number of aromatic nitrogens is 1. The minimum Gasteiger partial charge on any atom is -0.309 e. The molecule has 1 aromatic heterocycles. The molecule has 6 aromatic carbocycles. The molecule has 0 unspecified atom stereocenters. The van der Waals surface area contributed by atoms with Gasteiger partial charge in [-0.15, -0.1) is 0 Å². The number of halogens is 1. The summed E-state index contributed by atoms with van der Waals surface area (Å²) in [6, 6.07) is 53.8. The first-order valence-electron chi connectivity index (χ1n) is 13.1. The number of nitrogens with zero attached hydrogens (tertiary/aromatic N) is 2. The molecule has 186 valence electrons. The molecule has 0 saturated carbocycles. The molecule has 0 N–H and O–H groups in total. The van der Waals surface area contributed by atoms with Crippen LogP contribution in [-0.2, 0) is 0 Å². The number of rotatable bonds is 5. The van der Waals surface area contributed by atoms with Gasteiger partial charge < -0.3 is 9.47 Å². The third-order valence-electron chi connectivity index (χ3n) is 7.23. The Morgan fingerprint density at radius 1 is 0.462 bits per heavy atom. The molecule has 0 bridgehead atoms. The summed E-state index contributed by atoms with van der Waals surface area (Å²) in [7, 11) is 0. The Bertz CT molecular complexity index is 1870. The molecule has 7 rings (SSSR count). The molecule has 0 aliphatic heterocycles. The smallest absolute Gasteiger partial charge is 0.0609 e. The second-order valence-electron chi connectivity index (χ2n) is 9.59. The number of fused-ring (bicyclic) bond motifs is 3. The molecule has 0 radical (unpaired) electrons. The van der Waals surface area contributed by atoms with E-state index in [0.717, 1.165) is 27.2 Å². The Balaban J connectivity index is 1.44. The Morgan fingerprint density at radius 3 is 1.74 bits per heavy atom. The van der Waals surface area contributed by atoms with E-state index < -0.39 is 0 Å². The van der Waals surface area contributed by atoms with Gasteiger partial charge in [0.25, 0.3) is 0 Å². The molecule has 0 amide bonds. The van der Waals surface area contributed by atoms with E-state index in [2.05, 4.69) is 177 Å². The van der Waals surface area contributed by atoms with E-state index in [9.17, 15) is 0 Å². The van der Waals surface area contributed by atoms with Gasteiger partial charge >= 0.3 is 0 Å². The van der Waals surface area contributed by atoms with Crippen LogP contribution < -0.4 is 4.90 Å². The van der Waals surface area contributed by atoms with Gasteiger partial charge in [0.2, 0.25) is 0 Å².